The molecule has 1 heterocycles. The summed E-state index contributed by atoms with van der Waals surface area (Å²) < 4.78 is 28.1. The van der Waals surface area contributed by atoms with E-state index in [0.717, 1.165) is 37.1 Å². The molecule has 0 aliphatic carbocycles. The molecule has 0 atom stereocenters. The minimum atomic E-state index is -3.76. The smallest absolute Gasteiger partial charge is 0.261 e. The zero-order chi connectivity index (χ0) is 19.6. The Labute approximate surface area is 161 Å². The minimum Gasteiger partial charge on any atom is -0.339 e. The first-order chi connectivity index (χ1) is 12.8. The summed E-state index contributed by atoms with van der Waals surface area (Å²) in [4.78, 5) is 14.6. The van der Waals surface area contributed by atoms with Gasteiger partial charge in [-0.2, -0.15) is 0 Å². The van der Waals surface area contributed by atoms with Crippen LogP contribution in [0.15, 0.2) is 47.4 Å². The fraction of sp³-hybridized carbons (Fsp3) is 0.381. The van der Waals surface area contributed by atoms with E-state index >= 15 is 0 Å². The van der Waals surface area contributed by atoms with Gasteiger partial charge >= 0.3 is 0 Å². The average molecular weight is 387 g/mol. The van der Waals surface area contributed by atoms with Gasteiger partial charge in [0, 0.05) is 24.3 Å². The zero-order valence-corrected chi connectivity index (χ0v) is 16.8. The summed E-state index contributed by atoms with van der Waals surface area (Å²) in [6.07, 6.45) is 1.97. The van der Waals surface area contributed by atoms with Crippen molar-refractivity contribution in [2.24, 2.45) is 5.92 Å². The van der Waals surface area contributed by atoms with Crippen molar-refractivity contribution >= 4 is 21.6 Å². The molecule has 1 saturated heterocycles. The third kappa shape index (κ3) is 4.50. The molecule has 3 rings (SSSR count). The zero-order valence-electron chi connectivity index (χ0n) is 16.0. The molecule has 0 spiro atoms. The molecular formula is C21H26N2O3S. The van der Waals surface area contributed by atoms with Crippen LogP contribution in [0.3, 0.4) is 0 Å². The van der Waals surface area contributed by atoms with E-state index in [0.29, 0.717) is 17.2 Å². The van der Waals surface area contributed by atoms with Crippen LogP contribution in [-0.2, 0) is 10.0 Å². The second-order valence-corrected chi connectivity index (χ2v) is 9.09. The molecule has 1 aliphatic rings. The summed E-state index contributed by atoms with van der Waals surface area (Å²) in [6.45, 7) is 7.54. The van der Waals surface area contributed by atoms with E-state index in [9.17, 15) is 13.2 Å². The van der Waals surface area contributed by atoms with Gasteiger partial charge in [0.25, 0.3) is 15.9 Å². The maximum atomic E-state index is 12.8. The van der Waals surface area contributed by atoms with Gasteiger partial charge in [-0.3, -0.25) is 9.52 Å². The lowest BCUT2D eigenvalue weighted by atomic mass is 9.98. The molecule has 2 aromatic carbocycles. The summed E-state index contributed by atoms with van der Waals surface area (Å²) >= 11 is 0. The summed E-state index contributed by atoms with van der Waals surface area (Å²) in [6, 6.07) is 11.7. The number of hydrogen-bond donors (Lipinski definition) is 1. The number of hydrogen-bond acceptors (Lipinski definition) is 3. The molecule has 0 bridgehead atoms. The second-order valence-electron chi connectivity index (χ2n) is 7.41. The minimum absolute atomic E-state index is 0.0944. The number of sulfonamides is 1. The Morgan fingerprint density at radius 3 is 2.41 bits per heavy atom. The first-order valence-corrected chi connectivity index (χ1v) is 10.7. The van der Waals surface area contributed by atoms with Crippen LogP contribution < -0.4 is 4.72 Å². The van der Waals surface area contributed by atoms with E-state index in [1.165, 1.54) is 12.1 Å². The Kier molecular flexibility index (Phi) is 5.56. The number of carbonyl (C=O) groups is 1. The van der Waals surface area contributed by atoms with Crippen molar-refractivity contribution in [3.8, 4) is 0 Å². The number of amides is 1. The van der Waals surface area contributed by atoms with Crippen LogP contribution in [0.4, 0.5) is 5.69 Å². The van der Waals surface area contributed by atoms with E-state index in [1.807, 2.05) is 24.8 Å². The van der Waals surface area contributed by atoms with Gasteiger partial charge in [0.15, 0.2) is 0 Å². The molecule has 0 unspecified atom stereocenters. The lowest BCUT2D eigenvalue weighted by Gasteiger charge is -2.30. The highest BCUT2D eigenvalue weighted by Gasteiger charge is 2.23. The molecule has 1 amide bonds. The van der Waals surface area contributed by atoms with Gasteiger partial charge < -0.3 is 4.90 Å². The predicted octanol–water partition coefficient (Wildman–Crippen LogP) is 3.98. The Morgan fingerprint density at radius 2 is 1.74 bits per heavy atom. The molecule has 2 aromatic rings. The normalized spacial score (nSPS) is 15.6. The molecule has 0 aromatic heterocycles. The number of aryl methyl sites for hydroxylation is 2. The number of likely N-dealkylation sites (tertiary alicyclic amines) is 1. The van der Waals surface area contributed by atoms with Gasteiger partial charge in [0.1, 0.15) is 0 Å². The SMILES string of the molecule is Cc1ccc(NS(=O)(=O)c2cccc(C(=O)N3CCC(C)CC3)c2)cc1C. The highest BCUT2D eigenvalue weighted by Crippen LogP contribution is 2.22. The van der Waals surface area contributed by atoms with Gasteiger partial charge in [-0.25, -0.2) is 8.42 Å². The number of carbonyl (C=O) groups excluding carboxylic acids is 1. The maximum absolute atomic E-state index is 12.8. The van der Waals surface area contributed by atoms with Crippen molar-refractivity contribution in [2.45, 2.75) is 38.5 Å². The first kappa shape index (κ1) is 19.4. The highest BCUT2D eigenvalue weighted by molar-refractivity contribution is 7.92. The molecule has 6 heteroatoms. The van der Waals surface area contributed by atoms with Gasteiger partial charge in [-0.1, -0.05) is 19.1 Å². The lowest BCUT2D eigenvalue weighted by Crippen LogP contribution is -2.37. The molecular weight excluding hydrogens is 360 g/mol. The van der Waals surface area contributed by atoms with Crippen molar-refractivity contribution in [3.63, 3.8) is 0 Å². The van der Waals surface area contributed by atoms with E-state index in [-0.39, 0.29) is 10.8 Å². The number of anilines is 1. The van der Waals surface area contributed by atoms with Gasteiger partial charge in [-0.15, -0.1) is 0 Å². The fourth-order valence-corrected chi connectivity index (χ4v) is 4.30. The number of rotatable bonds is 4. The number of nitrogens with zero attached hydrogens (tertiary/aromatic N) is 1. The molecule has 1 fully saturated rings. The molecule has 144 valence electrons. The van der Waals surface area contributed by atoms with Crippen LogP contribution in [-0.4, -0.2) is 32.3 Å². The van der Waals surface area contributed by atoms with Crippen LogP contribution >= 0.6 is 0 Å². The molecule has 0 radical (unpaired) electrons. The van der Waals surface area contributed by atoms with Crippen molar-refractivity contribution in [2.75, 3.05) is 17.8 Å². The van der Waals surface area contributed by atoms with Gasteiger partial charge in [0.05, 0.1) is 4.90 Å². The Morgan fingerprint density at radius 1 is 1.04 bits per heavy atom. The van der Waals surface area contributed by atoms with Crippen LogP contribution in [0, 0.1) is 19.8 Å². The second kappa shape index (κ2) is 7.72. The van der Waals surface area contributed by atoms with Crippen LogP contribution in [0.5, 0.6) is 0 Å². The number of piperidine rings is 1. The average Bonchev–Trinajstić information content (AvgIpc) is 2.65. The van der Waals surface area contributed by atoms with Crippen LogP contribution in [0.1, 0.15) is 41.3 Å². The fourth-order valence-electron chi connectivity index (χ4n) is 3.21. The van der Waals surface area contributed by atoms with Crippen molar-refractivity contribution in [1.29, 1.82) is 0 Å². The number of benzene rings is 2. The monoisotopic (exact) mass is 386 g/mol. The summed E-state index contributed by atoms with van der Waals surface area (Å²) in [5.41, 5.74) is 3.03. The number of nitrogens with one attached hydrogen (secondary N) is 1. The Balaban J connectivity index is 1.81. The summed E-state index contributed by atoms with van der Waals surface area (Å²) in [7, 11) is -3.76. The largest absolute Gasteiger partial charge is 0.339 e. The highest BCUT2D eigenvalue weighted by atomic mass is 32.2. The predicted molar refractivity (Wildman–Crippen MR) is 107 cm³/mol. The summed E-state index contributed by atoms with van der Waals surface area (Å²) in [5.74, 6) is 0.521. The van der Waals surface area contributed by atoms with Crippen LogP contribution in [0.25, 0.3) is 0 Å². The van der Waals surface area contributed by atoms with Gasteiger partial charge in [-0.05, 0) is 74.1 Å². The molecule has 1 aliphatic heterocycles. The lowest BCUT2D eigenvalue weighted by molar-refractivity contribution is 0.0697. The standard InChI is InChI=1S/C21H26N2O3S/c1-15-9-11-23(12-10-15)21(24)18-5-4-6-20(14-18)27(25,26)22-19-8-7-16(2)17(3)13-19/h4-8,13-15,22H,9-12H2,1-3H3. The maximum Gasteiger partial charge on any atom is 0.261 e. The quantitative estimate of drug-likeness (QED) is 0.864. The van der Waals surface area contributed by atoms with Crippen molar-refractivity contribution in [1.82, 2.24) is 4.90 Å². The molecule has 27 heavy (non-hydrogen) atoms. The summed E-state index contributed by atoms with van der Waals surface area (Å²) in [5, 5.41) is 0. The van der Waals surface area contributed by atoms with E-state index < -0.39 is 10.0 Å². The van der Waals surface area contributed by atoms with Gasteiger partial charge in [0.2, 0.25) is 0 Å². The molecule has 5 nitrogen and oxygen atoms in total. The first-order valence-electron chi connectivity index (χ1n) is 9.26. The van der Waals surface area contributed by atoms with Crippen molar-refractivity contribution < 1.29 is 13.2 Å². The molecule has 0 saturated carbocycles. The molecule has 1 N–H and O–H groups in total. The van der Waals surface area contributed by atoms with Crippen molar-refractivity contribution in [3.05, 3.63) is 59.2 Å². The van der Waals surface area contributed by atoms with E-state index in [2.05, 4.69) is 11.6 Å². The third-order valence-corrected chi connectivity index (χ3v) is 6.60. The third-order valence-electron chi connectivity index (χ3n) is 5.22. The topological polar surface area (TPSA) is 66.5 Å². The van der Waals surface area contributed by atoms with E-state index in [4.69, 9.17) is 0 Å². The Bertz CT molecular complexity index is 946. The van der Waals surface area contributed by atoms with Crippen LogP contribution in [0.2, 0.25) is 0 Å². The van der Waals surface area contributed by atoms with E-state index in [1.54, 1.807) is 24.3 Å². The Hall–Kier alpha value is -2.34.